The van der Waals surface area contributed by atoms with E-state index in [1.807, 2.05) is 24.3 Å². The molecule has 1 aliphatic carbocycles. The SMILES string of the molecule is CC1CCCC(Nc2ccccc2Br)(C(N)=O)C1C. The highest BCUT2D eigenvalue weighted by molar-refractivity contribution is 9.10. The highest BCUT2D eigenvalue weighted by atomic mass is 79.9. The predicted octanol–water partition coefficient (Wildman–Crippen LogP) is 3.54. The minimum atomic E-state index is -0.637. The first-order chi connectivity index (χ1) is 8.97. The third-order valence-electron chi connectivity index (χ3n) is 4.53. The first-order valence-corrected chi connectivity index (χ1v) is 7.59. The molecule has 3 unspecified atom stereocenters. The van der Waals surface area contributed by atoms with Crippen LogP contribution in [-0.4, -0.2) is 11.4 Å². The number of halogens is 1. The number of primary amides is 1. The minimum absolute atomic E-state index is 0.228. The second-order valence-electron chi connectivity index (χ2n) is 5.60. The number of amides is 1. The fourth-order valence-corrected chi connectivity index (χ4v) is 3.44. The molecule has 3 nitrogen and oxygen atoms in total. The lowest BCUT2D eigenvalue weighted by Crippen LogP contribution is -2.58. The summed E-state index contributed by atoms with van der Waals surface area (Å²) in [6, 6.07) is 7.85. The topological polar surface area (TPSA) is 55.1 Å². The van der Waals surface area contributed by atoms with Gasteiger partial charge >= 0.3 is 0 Å². The van der Waals surface area contributed by atoms with Gasteiger partial charge in [-0.3, -0.25) is 4.79 Å². The Morgan fingerprint density at radius 2 is 2.11 bits per heavy atom. The van der Waals surface area contributed by atoms with Gasteiger partial charge in [-0.2, -0.15) is 0 Å². The van der Waals surface area contributed by atoms with Gasteiger partial charge < -0.3 is 11.1 Å². The Labute approximate surface area is 123 Å². The Morgan fingerprint density at radius 1 is 1.42 bits per heavy atom. The normalized spacial score (nSPS) is 30.9. The van der Waals surface area contributed by atoms with E-state index in [2.05, 4.69) is 35.1 Å². The van der Waals surface area contributed by atoms with Crippen LogP contribution < -0.4 is 11.1 Å². The van der Waals surface area contributed by atoms with Crippen molar-refractivity contribution in [3.05, 3.63) is 28.7 Å². The smallest absolute Gasteiger partial charge is 0.243 e. The Morgan fingerprint density at radius 3 is 2.74 bits per heavy atom. The van der Waals surface area contributed by atoms with Crippen LogP contribution in [0.5, 0.6) is 0 Å². The van der Waals surface area contributed by atoms with Gasteiger partial charge in [-0.1, -0.05) is 38.8 Å². The standard InChI is InChI=1S/C15H21BrN2O/c1-10-6-5-9-15(11(10)2,14(17)19)18-13-8-4-3-7-12(13)16/h3-4,7-8,10-11,18H,5-6,9H2,1-2H3,(H2,17,19). The van der Waals surface area contributed by atoms with E-state index in [1.54, 1.807) is 0 Å². The van der Waals surface area contributed by atoms with Crippen LogP contribution in [0, 0.1) is 11.8 Å². The van der Waals surface area contributed by atoms with Crippen LogP contribution in [0.3, 0.4) is 0 Å². The maximum absolute atomic E-state index is 12.1. The van der Waals surface area contributed by atoms with Gasteiger partial charge in [-0.05, 0) is 46.3 Å². The largest absolute Gasteiger partial charge is 0.370 e. The van der Waals surface area contributed by atoms with Crippen LogP contribution in [0.4, 0.5) is 5.69 Å². The molecule has 104 valence electrons. The number of nitrogens with two attached hydrogens (primary N) is 1. The van der Waals surface area contributed by atoms with Gasteiger partial charge in [0, 0.05) is 10.2 Å². The zero-order valence-electron chi connectivity index (χ0n) is 11.4. The van der Waals surface area contributed by atoms with E-state index in [-0.39, 0.29) is 11.8 Å². The molecule has 0 radical (unpaired) electrons. The van der Waals surface area contributed by atoms with Crippen molar-refractivity contribution in [2.45, 2.75) is 38.6 Å². The molecular formula is C15H21BrN2O. The molecule has 1 aliphatic rings. The molecule has 3 atom stereocenters. The van der Waals surface area contributed by atoms with Gasteiger partial charge in [0.2, 0.25) is 5.91 Å². The molecule has 0 aliphatic heterocycles. The van der Waals surface area contributed by atoms with Crippen molar-refractivity contribution in [3.8, 4) is 0 Å². The Hall–Kier alpha value is -1.03. The first-order valence-electron chi connectivity index (χ1n) is 6.80. The van der Waals surface area contributed by atoms with Crippen LogP contribution in [0.2, 0.25) is 0 Å². The maximum Gasteiger partial charge on any atom is 0.243 e. The summed E-state index contributed by atoms with van der Waals surface area (Å²) in [5.41, 5.74) is 6.03. The van der Waals surface area contributed by atoms with E-state index in [9.17, 15) is 4.79 Å². The van der Waals surface area contributed by atoms with Gasteiger partial charge in [-0.15, -0.1) is 0 Å². The number of anilines is 1. The molecule has 0 aromatic heterocycles. The van der Waals surface area contributed by atoms with Crippen LogP contribution in [0.15, 0.2) is 28.7 Å². The number of nitrogens with one attached hydrogen (secondary N) is 1. The zero-order valence-corrected chi connectivity index (χ0v) is 13.0. The van der Waals surface area contributed by atoms with E-state index in [0.29, 0.717) is 5.92 Å². The molecular weight excluding hydrogens is 304 g/mol. The summed E-state index contributed by atoms with van der Waals surface area (Å²) in [4.78, 5) is 12.1. The zero-order chi connectivity index (χ0) is 14.0. The van der Waals surface area contributed by atoms with Crippen molar-refractivity contribution in [3.63, 3.8) is 0 Å². The number of benzene rings is 1. The first kappa shape index (κ1) is 14.4. The van der Waals surface area contributed by atoms with E-state index < -0.39 is 5.54 Å². The summed E-state index contributed by atoms with van der Waals surface area (Å²) in [5.74, 6) is 0.476. The molecule has 1 fully saturated rings. The summed E-state index contributed by atoms with van der Waals surface area (Å²) in [7, 11) is 0. The fraction of sp³-hybridized carbons (Fsp3) is 0.533. The lowest BCUT2D eigenvalue weighted by atomic mass is 9.67. The van der Waals surface area contributed by atoms with Crippen molar-refractivity contribution in [1.29, 1.82) is 0 Å². The number of rotatable bonds is 3. The molecule has 1 amide bonds. The minimum Gasteiger partial charge on any atom is -0.370 e. The summed E-state index contributed by atoms with van der Waals surface area (Å²) >= 11 is 3.52. The van der Waals surface area contributed by atoms with Crippen molar-refractivity contribution in [2.75, 3.05) is 5.32 Å². The third kappa shape index (κ3) is 2.64. The van der Waals surface area contributed by atoms with E-state index in [4.69, 9.17) is 5.73 Å². The molecule has 1 saturated carbocycles. The molecule has 0 spiro atoms. The van der Waals surface area contributed by atoms with Gasteiger partial charge in [0.1, 0.15) is 5.54 Å². The summed E-state index contributed by atoms with van der Waals surface area (Å²) in [6.07, 6.45) is 2.99. The van der Waals surface area contributed by atoms with E-state index in [1.165, 1.54) is 0 Å². The maximum atomic E-state index is 12.1. The van der Waals surface area contributed by atoms with Crippen LogP contribution in [0.1, 0.15) is 33.1 Å². The number of para-hydroxylation sites is 1. The molecule has 0 saturated heterocycles. The molecule has 1 aromatic rings. The number of carbonyl (C=O) groups excluding carboxylic acids is 1. The lowest BCUT2D eigenvalue weighted by molar-refractivity contribution is -0.125. The van der Waals surface area contributed by atoms with Crippen LogP contribution in [-0.2, 0) is 4.79 Å². The van der Waals surface area contributed by atoms with Gasteiger partial charge in [-0.25, -0.2) is 0 Å². The molecule has 1 aromatic carbocycles. The van der Waals surface area contributed by atoms with Gasteiger partial charge in [0.05, 0.1) is 0 Å². The van der Waals surface area contributed by atoms with Crippen LogP contribution >= 0.6 is 15.9 Å². The van der Waals surface area contributed by atoms with Gasteiger partial charge in [0.25, 0.3) is 0 Å². The monoisotopic (exact) mass is 324 g/mol. The quantitative estimate of drug-likeness (QED) is 0.893. The summed E-state index contributed by atoms with van der Waals surface area (Å²) < 4.78 is 0.959. The molecule has 0 bridgehead atoms. The Balaban J connectivity index is 2.35. The third-order valence-corrected chi connectivity index (χ3v) is 5.22. The molecule has 2 rings (SSSR count). The average Bonchev–Trinajstić information content (AvgIpc) is 2.37. The Bertz CT molecular complexity index is 477. The molecule has 19 heavy (non-hydrogen) atoms. The summed E-state index contributed by atoms with van der Waals surface area (Å²) in [6.45, 7) is 4.32. The predicted molar refractivity (Wildman–Crippen MR) is 81.9 cm³/mol. The van der Waals surface area contributed by atoms with Crippen molar-refractivity contribution in [2.24, 2.45) is 17.6 Å². The van der Waals surface area contributed by atoms with Gasteiger partial charge in [0.15, 0.2) is 0 Å². The van der Waals surface area contributed by atoms with Crippen LogP contribution in [0.25, 0.3) is 0 Å². The second-order valence-corrected chi connectivity index (χ2v) is 6.45. The highest BCUT2D eigenvalue weighted by Gasteiger charge is 2.46. The second kappa shape index (κ2) is 5.53. The Kier molecular flexibility index (Phi) is 4.19. The van der Waals surface area contributed by atoms with Crippen molar-refractivity contribution >= 4 is 27.5 Å². The van der Waals surface area contributed by atoms with E-state index in [0.717, 1.165) is 29.4 Å². The number of hydrogen-bond donors (Lipinski definition) is 2. The molecule has 4 heteroatoms. The molecule has 3 N–H and O–H groups in total. The van der Waals surface area contributed by atoms with Crippen molar-refractivity contribution < 1.29 is 4.79 Å². The number of carbonyl (C=O) groups is 1. The lowest BCUT2D eigenvalue weighted by Gasteiger charge is -2.44. The summed E-state index contributed by atoms with van der Waals surface area (Å²) in [5, 5.41) is 3.42. The fourth-order valence-electron chi connectivity index (χ4n) is 3.05. The van der Waals surface area contributed by atoms with E-state index >= 15 is 0 Å². The highest BCUT2D eigenvalue weighted by Crippen LogP contribution is 2.40. The number of hydrogen-bond acceptors (Lipinski definition) is 2. The van der Waals surface area contributed by atoms with Crippen molar-refractivity contribution in [1.82, 2.24) is 0 Å². The molecule has 0 heterocycles. The average molecular weight is 325 g/mol.